The molecule has 0 atom stereocenters. The molecule has 1 N–H and O–H groups in total. The molecule has 2 aromatic carbocycles. The van der Waals surface area contributed by atoms with Crippen molar-refractivity contribution < 1.29 is 9.47 Å². The van der Waals surface area contributed by atoms with Crippen molar-refractivity contribution in [3.05, 3.63) is 54.1 Å². The molecule has 2 aliphatic heterocycles. The summed E-state index contributed by atoms with van der Waals surface area (Å²) in [5.74, 6) is 1.47. The number of morpholine rings is 1. The Kier molecular flexibility index (Phi) is 4.79. The first kappa shape index (κ1) is 16.9. The Morgan fingerprint density at radius 2 is 1.88 bits per heavy atom. The number of nitrogens with one attached hydrogen (secondary N) is 1. The van der Waals surface area contributed by atoms with E-state index in [4.69, 9.17) is 9.47 Å². The third-order valence-corrected chi connectivity index (χ3v) is 5.17. The average molecular weight is 349 g/mol. The van der Waals surface area contributed by atoms with Crippen LogP contribution in [0.15, 0.2) is 48.5 Å². The second-order valence-electron chi connectivity index (χ2n) is 6.94. The number of hydrogen-bond acceptors (Lipinski definition) is 5. The first-order chi connectivity index (χ1) is 12.8. The van der Waals surface area contributed by atoms with Crippen LogP contribution in [0, 0.1) is 11.3 Å². The highest BCUT2D eigenvalue weighted by molar-refractivity contribution is 5.57. The van der Waals surface area contributed by atoms with Crippen LogP contribution in [0.5, 0.6) is 11.5 Å². The maximum absolute atomic E-state index is 9.40. The van der Waals surface area contributed by atoms with Crippen LogP contribution in [0.3, 0.4) is 0 Å². The van der Waals surface area contributed by atoms with Crippen molar-refractivity contribution in [2.24, 2.45) is 0 Å². The highest BCUT2D eigenvalue weighted by Gasteiger charge is 2.37. The first-order valence-electron chi connectivity index (χ1n) is 9.14. The van der Waals surface area contributed by atoms with Gasteiger partial charge in [0.2, 0.25) is 0 Å². The quantitative estimate of drug-likeness (QED) is 0.921. The van der Waals surface area contributed by atoms with E-state index in [1.807, 2.05) is 42.5 Å². The van der Waals surface area contributed by atoms with Gasteiger partial charge in [0.25, 0.3) is 0 Å². The van der Waals surface area contributed by atoms with Crippen LogP contribution in [0.2, 0.25) is 0 Å². The number of ether oxygens (including phenoxy) is 2. The van der Waals surface area contributed by atoms with Crippen molar-refractivity contribution in [1.29, 1.82) is 5.26 Å². The molecule has 2 aromatic rings. The summed E-state index contributed by atoms with van der Waals surface area (Å²) in [7, 11) is 0. The summed E-state index contributed by atoms with van der Waals surface area (Å²) in [5, 5.41) is 12.8. The van der Waals surface area contributed by atoms with Gasteiger partial charge >= 0.3 is 0 Å². The summed E-state index contributed by atoms with van der Waals surface area (Å²) < 4.78 is 12.0. The Bertz CT molecular complexity index is 785. The molecule has 2 saturated heterocycles. The molecule has 0 radical (unpaired) electrons. The minimum absolute atomic E-state index is 0.0229. The minimum atomic E-state index is -0.0229. The summed E-state index contributed by atoms with van der Waals surface area (Å²) >= 11 is 0. The zero-order chi connectivity index (χ0) is 17.8. The minimum Gasteiger partial charge on any atom is -0.457 e. The van der Waals surface area contributed by atoms with Crippen LogP contribution in [0.1, 0.15) is 18.4 Å². The van der Waals surface area contributed by atoms with Crippen LogP contribution in [0.25, 0.3) is 0 Å². The smallest absolute Gasteiger partial charge is 0.130 e. The van der Waals surface area contributed by atoms with Gasteiger partial charge in [0.15, 0.2) is 0 Å². The first-order valence-corrected chi connectivity index (χ1v) is 9.14. The molecule has 0 unspecified atom stereocenters. The summed E-state index contributed by atoms with van der Waals surface area (Å²) in [5.41, 5.74) is 1.63. The monoisotopic (exact) mass is 349 g/mol. The van der Waals surface area contributed by atoms with E-state index >= 15 is 0 Å². The van der Waals surface area contributed by atoms with Gasteiger partial charge < -0.3 is 19.7 Å². The van der Waals surface area contributed by atoms with Crippen LogP contribution in [0.4, 0.5) is 5.69 Å². The summed E-state index contributed by atoms with van der Waals surface area (Å²) in [4.78, 5) is 2.32. The molecule has 0 amide bonds. The Labute approximate surface area is 154 Å². The SMILES string of the molecule is N#Cc1cc(Oc2ccccc2)cc(N2CCC3(CC2)CNCCO3)c1. The number of anilines is 1. The lowest BCUT2D eigenvalue weighted by atomic mass is 9.89. The molecular formula is C21H23N3O2. The Balaban J connectivity index is 1.51. The van der Waals surface area contributed by atoms with Gasteiger partial charge in [-0.3, -0.25) is 0 Å². The fourth-order valence-electron chi connectivity index (χ4n) is 3.71. The van der Waals surface area contributed by atoms with Gasteiger partial charge in [-0.2, -0.15) is 5.26 Å². The van der Waals surface area contributed by atoms with Gasteiger partial charge in [-0.25, -0.2) is 0 Å². The standard InChI is InChI=1S/C21H23N3O2/c22-15-17-12-18(14-20(13-17)26-19-4-2-1-3-5-19)24-9-6-21(7-10-24)16-23-8-11-25-21/h1-5,12-14,23H,6-11,16H2. The number of nitrogens with zero attached hydrogens (tertiary/aromatic N) is 2. The van der Waals surface area contributed by atoms with E-state index in [0.29, 0.717) is 11.3 Å². The largest absolute Gasteiger partial charge is 0.457 e. The predicted octanol–water partition coefficient (Wildman–Crippen LogP) is 3.31. The molecule has 26 heavy (non-hydrogen) atoms. The van der Waals surface area contributed by atoms with Crippen molar-refractivity contribution in [2.75, 3.05) is 37.7 Å². The molecule has 1 spiro atoms. The van der Waals surface area contributed by atoms with Crippen LogP contribution >= 0.6 is 0 Å². The van der Waals surface area contributed by atoms with Gasteiger partial charge in [-0.15, -0.1) is 0 Å². The molecule has 0 aromatic heterocycles. The lowest BCUT2D eigenvalue weighted by molar-refractivity contribution is -0.0799. The van der Waals surface area contributed by atoms with Gasteiger partial charge in [0.1, 0.15) is 11.5 Å². The number of para-hydroxylation sites is 1. The van der Waals surface area contributed by atoms with Gasteiger partial charge in [0, 0.05) is 37.9 Å². The second-order valence-corrected chi connectivity index (χ2v) is 6.94. The van der Waals surface area contributed by atoms with Crippen molar-refractivity contribution in [3.63, 3.8) is 0 Å². The van der Waals surface area contributed by atoms with Gasteiger partial charge in [-0.05, 0) is 37.1 Å². The van der Waals surface area contributed by atoms with Crippen LogP contribution in [-0.2, 0) is 4.74 Å². The maximum Gasteiger partial charge on any atom is 0.130 e. The lowest BCUT2D eigenvalue weighted by Crippen LogP contribution is -2.55. The van der Waals surface area contributed by atoms with E-state index in [9.17, 15) is 5.26 Å². The number of hydrogen-bond donors (Lipinski definition) is 1. The van der Waals surface area contributed by atoms with Crippen LogP contribution < -0.4 is 15.0 Å². The molecule has 0 aliphatic carbocycles. The highest BCUT2D eigenvalue weighted by atomic mass is 16.5. The summed E-state index contributed by atoms with van der Waals surface area (Å²) in [6.07, 6.45) is 1.98. The van der Waals surface area contributed by atoms with E-state index in [-0.39, 0.29) is 5.60 Å². The van der Waals surface area contributed by atoms with E-state index in [2.05, 4.69) is 16.3 Å². The fourth-order valence-corrected chi connectivity index (χ4v) is 3.71. The molecule has 0 bridgehead atoms. The number of nitriles is 1. The molecule has 0 saturated carbocycles. The molecule has 5 heteroatoms. The molecular weight excluding hydrogens is 326 g/mol. The Hall–Kier alpha value is -2.55. The van der Waals surface area contributed by atoms with Gasteiger partial charge in [-0.1, -0.05) is 18.2 Å². The van der Waals surface area contributed by atoms with E-state index < -0.39 is 0 Å². The predicted molar refractivity (Wildman–Crippen MR) is 101 cm³/mol. The number of piperidine rings is 1. The van der Waals surface area contributed by atoms with E-state index in [0.717, 1.165) is 57.1 Å². The number of benzene rings is 2. The zero-order valence-electron chi connectivity index (χ0n) is 14.8. The van der Waals surface area contributed by atoms with E-state index in [1.54, 1.807) is 6.07 Å². The summed E-state index contributed by atoms with van der Waals surface area (Å²) in [6.45, 7) is 4.50. The van der Waals surface area contributed by atoms with Crippen molar-refractivity contribution >= 4 is 5.69 Å². The Morgan fingerprint density at radius 1 is 1.08 bits per heavy atom. The Morgan fingerprint density at radius 3 is 2.58 bits per heavy atom. The third kappa shape index (κ3) is 3.67. The zero-order valence-corrected chi connectivity index (χ0v) is 14.8. The second kappa shape index (κ2) is 7.36. The van der Waals surface area contributed by atoms with Crippen LogP contribution in [-0.4, -0.2) is 38.4 Å². The van der Waals surface area contributed by atoms with E-state index in [1.165, 1.54) is 0 Å². The topological polar surface area (TPSA) is 57.5 Å². The highest BCUT2D eigenvalue weighted by Crippen LogP contribution is 2.33. The molecule has 5 nitrogen and oxygen atoms in total. The fraction of sp³-hybridized carbons (Fsp3) is 0.381. The van der Waals surface area contributed by atoms with Crippen molar-refractivity contribution in [1.82, 2.24) is 5.32 Å². The number of rotatable bonds is 3. The molecule has 2 aliphatic rings. The molecule has 134 valence electrons. The summed E-state index contributed by atoms with van der Waals surface area (Å²) in [6, 6.07) is 17.7. The maximum atomic E-state index is 9.40. The molecule has 2 heterocycles. The van der Waals surface area contributed by atoms with Gasteiger partial charge in [0.05, 0.1) is 23.8 Å². The van der Waals surface area contributed by atoms with Crippen molar-refractivity contribution in [2.45, 2.75) is 18.4 Å². The lowest BCUT2D eigenvalue weighted by Gasteiger charge is -2.44. The molecule has 4 rings (SSSR count). The normalized spacial score (nSPS) is 19.1. The third-order valence-electron chi connectivity index (χ3n) is 5.17. The molecule has 2 fully saturated rings. The van der Waals surface area contributed by atoms with Crippen molar-refractivity contribution in [3.8, 4) is 17.6 Å². The average Bonchev–Trinajstić information content (AvgIpc) is 2.70.